The van der Waals surface area contributed by atoms with E-state index < -0.39 is 0 Å². The number of thiophene rings is 1. The average molecular weight is 396 g/mol. The van der Waals surface area contributed by atoms with Gasteiger partial charge >= 0.3 is 0 Å². The van der Waals surface area contributed by atoms with E-state index >= 15 is 0 Å². The Kier molecular flexibility index (Phi) is 4.19. The van der Waals surface area contributed by atoms with Gasteiger partial charge in [0.2, 0.25) is 0 Å². The number of nitrogens with zero attached hydrogens (tertiary/aromatic N) is 1. The monoisotopic (exact) mass is 394 g/mol. The summed E-state index contributed by atoms with van der Waals surface area (Å²) < 4.78 is 1.66. The minimum atomic E-state index is -0.206. The Labute approximate surface area is 123 Å². The minimum Gasteiger partial charge on any atom is -0.319 e. The second kappa shape index (κ2) is 5.48. The molecule has 88 valence electrons. The van der Waals surface area contributed by atoms with Crippen molar-refractivity contribution in [2.75, 3.05) is 5.32 Å². The Balaban J connectivity index is 2.21. The lowest BCUT2D eigenvalue weighted by Crippen LogP contribution is -2.10. The van der Waals surface area contributed by atoms with Gasteiger partial charge in [-0.1, -0.05) is 11.6 Å². The molecule has 0 fully saturated rings. The van der Waals surface area contributed by atoms with E-state index in [-0.39, 0.29) is 11.1 Å². The van der Waals surface area contributed by atoms with Gasteiger partial charge < -0.3 is 5.32 Å². The number of amides is 1. The Morgan fingerprint density at radius 2 is 2.18 bits per heavy atom. The zero-order valence-corrected chi connectivity index (χ0v) is 13.0. The molecule has 0 saturated heterocycles. The first-order valence-corrected chi connectivity index (χ1v) is 7.22. The molecule has 0 aromatic carbocycles. The van der Waals surface area contributed by atoms with Gasteiger partial charge in [-0.3, -0.25) is 4.79 Å². The van der Waals surface area contributed by atoms with Crippen LogP contribution in [0.2, 0.25) is 5.15 Å². The lowest BCUT2D eigenvalue weighted by Gasteiger charge is -2.05. The molecule has 7 heteroatoms. The van der Waals surface area contributed by atoms with Crippen molar-refractivity contribution in [3.8, 4) is 0 Å². The molecule has 17 heavy (non-hydrogen) atoms. The number of hydrogen-bond donors (Lipinski definition) is 1. The highest BCUT2D eigenvalue weighted by molar-refractivity contribution is 9.11. The molecule has 0 aliphatic carbocycles. The van der Waals surface area contributed by atoms with E-state index in [1.54, 1.807) is 18.3 Å². The summed E-state index contributed by atoms with van der Waals surface area (Å²) in [5.41, 5.74) is 0.482. The van der Waals surface area contributed by atoms with Gasteiger partial charge in [-0.05, 0) is 50.1 Å². The zero-order valence-electron chi connectivity index (χ0n) is 8.21. The highest BCUT2D eigenvalue weighted by Gasteiger charge is 2.11. The molecule has 0 aliphatic rings. The molecule has 0 saturated carbocycles. The maximum absolute atomic E-state index is 11.9. The summed E-state index contributed by atoms with van der Waals surface area (Å²) in [7, 11) is 0. The van der Waals surface area contributed by atoms with Crippen LogP contribution in [-0.2, 0) is 0 Å². The van der Waals surface area contributed by atoms with Crippen molar-refractivity contribution in [3.05, 3.63) is 42.7 Å². The van der Waals surface area contributed by atoms with Crippen LogP contribution < -0.4 is 5.32 Å². The highest BCUT2D eigenvalue weighted by Crippen LogP contribution is 2.26. The molecule has 2 heterocycles. The third-order valence-corrected chi connectivity index (χ3v) is 4.21. The van der Waals surface area contributed by atoms with E-state index in [2.05, 4.69) is 42.2 Å². The summed E-state index contributed by atoms with van der Waals surface area (Å²) >= 11 is 13.8. The number of pyridine rings is 1. The average Bonchev–Trinajstić information content (AvgIpc) is 2.70. The van der Waals surface area contributed by atoms with Crippen molar-refractivity contribution in [2.45, 2.75) is 0 Å². The first-order chi connectivity index (χ1) is 8.06. The molecular weight excluding hydrogens is 391 g/mol. The third kappa shape index (κ3) is 3.28. The van der Waals surface area contributed by atoms with Crippen LogP contribution >= 0.6 is 54.8 Å². The second-order valence-electron chi connectivity index (χ2n) is 3.05. The second-order valence-corrected chi connectivity index (χ2v) is 6.79. The fourth-order valence-corrected chi connectivity index (χ4v) is 2.89. The highest BCUT2D eigenvalue weighted by atomic mass is 79.9. The predicted molar refractivity (Wildman–Crippen MR) is 76.9 cm³/mol. The first-order valence-electron chi connectivity index (χ1n) is 4.44. The molecule has 3 nitrogen and oxygen atoms in total. The number of nitrogens with one attached hydrogen (secondary N) is 1. The largest absolute Gasteiger partial charge is 0.319 e. The lowest BCUT2D eigenvalue weighted by molar-refractivity contribution is 0.103. The van der Waals surface area contributed by atoms with Crippen LogP contribution in [-0.4, -0.2) is 10.9 Å². The number of aromatic nitrogens is 1. The molecule has 0 bridgehead atoms. The fraction of sp³-hybridized carbons (Fsp3) is 0. The number of hydrogen-bond acceptors (Lipinski definition) is 3. The van der Waals surface area contributed by atoms with Crippen molar-refractivity contribution < 1.29 is 4.79 Å². The maximum Gasteiger partial charge on any atom is 0.265 e. The molecule has 0 atom stereocenters. The van der Waals surface area contributed by atoms with Crippen molar-refractivity contribution >= 4 is 66.4 Å². The lowest BCUT2D eigenvalue weighted by atomic mass is 10.4. The summed E-state index contributed by atoms with van der Waals surface area (Å²) in [5.74, 6) is -0.206. The van der Waals surface area contributed by atoms with E-state index in [1.807, 2.05) is 6.07 Å². The van der Waals surface area contributed by atoms with Crippen LogP contribution in [0.1, 0.15) is 9.67 Å². The number of carbonyl (C=O) groups is 1. The van der Waals surface area contributed by atoms with E-state index in [1.165, 1.54) is 11.3 Å². The first kappa shape index (κ1) is 13.0. The van der Waals surface area contributed by atoms with Gasteiger partial charge in [0.25, 0.3) is 5.91 Å². The number of halogens is 3. The Morgan fingerprint density at radius 3 is 2.82 bits per heavy atom. The quantitative estimate of drug-likeness (QED) is 0.756. The van der Waals surface area contributed by atoms with Crippen LogP contribution in [0.5, 0.6) is 0 Å². The van der Waals surface area contributed by atoms with E-state index in [0.29, 0.717) is 10.6 Å². The normalized spacial score (nSPS) is 10.3. The van der Waals surface area contributed by atoms with Gasteiger partial charge in [-0.15, -0.1) is 11.3 Å². The molecule has 1 N–H and O–H groups in total. The molecule has 0 unspecified atom stereocenters. The number of rotatable bonds is 2. The van der Waals surface area contributed by atoms with E-state index in [9.17, 15) is 4.79 Å². The molecule has 1 amide bonds. The molecule has 0 spiro atoms. The maximum atomic E-state index is 11.9. The molecule has 2 rings (SSSR count). The van der Waals surface area contributed by atoms with Crippen LogP contribution in [0, 0.1) is 0 Å². The van der Waals surface area contributed by atoms with Gasteiger partial charge in [0.15, 0.2) is 5.15 Å². The summed E-state index contributed by atoms with van der Waals surface area (Å²) in [6.45, 7) is 0. The Hall–Kier alpha value is -0.430. The fourth-order valence-electron chi connectivity index (χ4n) is 1.13. The zero-order chi connectivity index (χ0) is 12.4. The van der Waals surface area contributed by atoms with Crippen LogP contribution in [0.25, 0.3) is 0 Å². The van der Waals surface area contributed by atoms with Gasteiger partial charge in [-0.2, -0.15) is 0 Å². The number of anilines is 1. The van der Waals surface area contributed by atoms with E-state index in [0.717, 1.165) is 8.26 Å². The van der Waals surface area contributed by atoms with Gasteiger partial charge in [0.05, 0.1) is 14.4 Å². The minimum absolute atomic E-state index is 0.206. The third-order valence-electron chi connectivity index (χ3n) is 1.85. The number of carbonyl (C=O) groups excluding carboxylic acids is 1. The van der Waals surface area contributed by atoms with Crippen LogP contribution in [0.4, 0.5) is 5.69 Å². The van der Waals surface area contributed by atoms with Crippen molar-refractivity contribution in [2.24, 2.45) is 0 Å². The molecule has 2 aromatic heterocycles. The van der Waals surface area contributed by atoms with Crippen LogP contribution in [0.15, 0.2) is 32.7 Å². The molecular formula is C10H5Br2ClN2OS. The van der Waals surface area contributed by atoms with Gasteiger partial charge in [0, 0.05) is 10.7 Å². The summed E-state index contributed by atoms with van der Waals surface area (Å²) in [4.78, 5) is 16.4. The molecule has 0 aliphatic heterocycles. The summed E-state index contributed by atoms with van der Waals surface area (Å²) in [5, 5.41) is 2.97. The van der Waals surface area contributed by atoms with Crippen molar-refractivity contribution in [1.29, 1.82) is 0 Å². The van der Waals surface area contributed by atoms with Gasteiger partial charge in [0.1, 0.15) is 0 Å². The van der Waals surface area contributed by atoms with Crippen molar-refractivity contribution in [1.82, 2.24) is 4.98 Å². The Morgan fingerprint density at radius 1 is 1.41 bits per heavy atom. The van der Waals surface area contributed by atoms with E-state index in [4.69, 9.17) is 11.6 Å². The predicted octanol–water partition coefficient (Wildman–Crippen LogP) is 4.57. The topological polar surface area (TPSA) is 42.0 Å². The molecule has 2 aromatic rings. The smallest absolute Gasteiger partial charge is 0.265 e. The standard InChI is InChI=1S/C10H5Br2ClN2OS/c11-5-3-6(9(13)14-4-5)15-10(16)7-1-2-8(12)17-7/h1-4H,(H,15,16). The summed E-state index contributed by atoms with van der Waals surface area (Å²) in [6.07, 6.45) is 1.57. The van der Waals surface area contributed by atoms with Gasteiger partial charge in [-0.25, -0.2) is 4.98 Å². The molecule has 0 radical (unpaired) electrons. The van der Waals surface area contributed by atoms with Crippen molar-refractivity contribution in [3.63, 3.8) is 0 Å². The van der Waals surface area contributed by atoms with Crippen LogP contribution in [0.3, 0.4) is 0 Å². The SMILES string of the molecule is O=C(Nc1cc(Br)cnc1Cl)c1ccc(Br)s1. The summed E-state index contributed by atoms with van der Waals surface area (Å²) in [6, 6.07) is 5.26. The Bertz CT molecular complexity index is 573.